The van der Waals surface area contributed by atoms with E-state index in [1.165, 1.54) is 12.1 Å². The normalized spacial score (nSPS) is 21.0. The number of thioether (sulfide) groups is 1. The van der Waals surface area contributed by atoms with Gasteiger partial charge in [0.25, 0.3) is 0 Å². The van der Waals surface area contributed by atoms with E-state index in [4.69, 9.17) is 21.6 Å². The van der Waals surface area contributed by atoms with E-state index in [0.29, 0.717) is 21.6 Å². The number of rotatable bonds is 5. The molecule has 0 saturated carbocycles. The van der Waals surface area contributed by atoms with Gasteiger partial charge in [-0.2, -0.15) is 10.4 Å². The molecule has 1 saturated heterocycles. The van der Waals surface area contributed by atoms with E-state index in [1.54, 1.807) is 18.2 Å². The number of benzene rings is 2. The van der Waals surface area contributed by atoms with Gasteiger partial charge in [-0.3, -0.25) is 5.10 Å². The standard InChI is InChI=1S/C18H11ClF2N4OS/c19-13-4-2-1-3-11(13)16-18(26-16,12-6-5-10(20)7-14(12)21)8-15-23-17(25-24-15)27-9-22/h1-7,16H,8H2,(H,23,24,25). The van der Waals surface area contributed by atoms with Gasteiger partial charge in [0.1, 0.15) is 28.7 Å². The predicted molar refractivity (Wildman–Crippen MR) is 94.9 cm³/mol. The monoisotopic (exact) mass is 404 g/mol. The van der Waals surface area contributed by atoms with E-state index >= 15 is 0 Å². The number of aromatic amines is 1. The molecule has 0 bridgehead atoms. The van der Waals surface area contributed by atoms with Gasteiger partial charge in [0, 0.05) is 40.4 Å². The largest absolute Gasteiger partial charge is 0.355 e. The Balaban J connectivity index is 1.75. The van der Waals surface area contributed by atoms with Crippen molar-refractivity contribution in [1.82, 2.24) is 15.2 Å². The Labute approximate surface area is 162 Å². The highest BCUT2D eigenvalue weighted by Gasteiger charge is 2.60. The topological polar surface area (TPSA) is 77.9 Å². The summed E-state index contributed by atoms with van der Waals surface area (Å²) in [5.74, 6) is -1.04. The molecule has 1 N–H and O–H groups in total. The third-order valence-electron chi connectivity index (χ3n) is 4.34. The van der Waals surface area contributed by atoms with Crippen LogP contribution in [0.15, 0.2) is 47.6 Å². The second kappa shape index (κ2) is 6.93. The van der Waals surface area contributed by atoms with Gasteiger partial charge in [0.15, 0.2) is 11.0 Å². The molecule has 5 nitrogen and oxygen atoms in total. The Morgan fingerprint density at radius 2 is 2.11 bits per heavy atom. The van der Waals surface area contributed by atoms with Crippen LogP contribution in [0.25, 0.3) is 0 Å². The van der Waals surface area contributed by atoms with Crippen molar-refractivity contribution in [2.24, 2.45) is 0 Å². The van der Waals surface area contributed by atoms with Crippen molar-refractivity contribution in [3.05, 3.63) is 76.1 Å². The van der Waals surface area contributed by atoms with Crippen molar-refractivity contribution in [2.75, 3.05) is 0 Å². The van der Waals surface area contributed by atoms with Gasteiger partial charge in [0.2, 0.25) is 0 Å². The summed E-state index contributed by atoms with van der Waals surface area (Å²) >= 11 is 7.11. The molecule has 0 spiro atoms. The Hall–Kier alpha value is -2.47. The lowest BCUT2D eigenvalue weighted by atomic mass is 9.88. The van der Waals surface area contributed by atoms with E-state index in [0.717, 1.165) is 17.8 Å². The fourth-order valence-electron chi connectivity index (χ4n) is 3.13. The minimum Gasteiger partial charge on any atom is -0.355 e. The molecular formula is C18H11ClF2N4OS. The molecular weight excluding hydrogens is 394 g/mol. The average Bonchev–Trinajstić information content (AvgIpc) is 3.16. The fourth-order valence-corrected chi connectivity index (χ4v) is 3.69. The Kier molecular flexibility index (Phi) is 4.60. The van der Waals surface area contributed by atoms with Crippen LogP contribution in [-0.4, -0.2) is 15.2 Å². The summed E-state index contributed by atoms with van der Waals surface area (Å²) in [5, 5.41) is 18.2. The number of halogens is 3. The molecule has 136 valence electrons. The van der Waals surface area contributed by atoms with E-state index in [2.05, 4.69) is 15.2 Å². The molecule has 4 rings (SSSR count). The molecule has 3 aromatic rings. The van der Waals surface area contributed by atoms with Gasteiger partial charge in [-0.25, -0.2) is 13.8 Å². The zero-order valence-electron chi connectivity index (χ0n) is 13.6. The second-order valence-electron chi connectivity index (χ2n) is 5.96. The molecule has 2 heterocycles. The lowest BCUT2D eigenvalue weighted by Gasteiger charge is -2.13. The van der Waals surface area contributed by atoms with Crippen LogP contribution >= 0.6 is 23.4 Å². The summed E-state index contributed by atoms with van der Waals surface area (Å²) in [6, 6.07) is 10.5. The van der Waals surface area contributed by atoms with Crippen molar-refractivity contribution in [1.29, 1.82) is 5.26 Å². The molecule has 2 atom stereocenters. The summed E-state index contributed by atoms with van der Waals surface area (Å²) in [5.41, 5.74) is -0.210. The first-order valence-corrected chi connectivity index (χ1v) is 9.08. The Bertz CT molecular complexity index is 1050. The number of nitrogens with one attached hydrogen (secondary N) is 1. The van der Waals surface area contributed by atoms with Crippen LogP contribution in [0.5, 0.6) is 0 Å². The van der Waals surface area contributed by atoms with Gasteiger partial charge in [-0.1, -0.05) is 35.9 Å². The third-order valence-corrected chi connectivity index (χ3v) is 5.15. The summed E-state index contributed by atoms with van der Waals surface area (Å²) in [4.78, 5) is 4.21. The maximum Gasteiger partial charge on any atom is 0.198 e. The SMILES string of the molecule is N#CSc1nc(CC2(c3ccc(F)cc3F)OC2c2ccccc2Cl)n[nH]1. The highest BCUT2D eigenvalue weighted by atomic mass is 35.5. The molecule has 27 heavy (non-hydrogen) atoms. The van der Waals surface area contributed by atoms with Crippen molar-refractivity contribution in [2.45, 2.75) is 23.3 Å². The quantitative estimate of drug-likeness (QED) is 0.384. The minimum absolute atomic E-state index is 0.133. The van der Waals surface area contributed by atoms with Crippen LogP contribution in [0.3, 0.4) is 0 Å². The van der Waals surface area contributed by atoms with Gasteiger partial charge in [0.05, 0.1) is 0 Å². The summed E-state index contributed by atoms with van der Waals surface area (Å²) < 4.78 is 33.9. The number of nitrogens with zero attached hydrogens (tertiary/aromatic N) is 3. The number of H-pyrrole nitrogens is 1. The number of thiocyanates is 1. The van der Waals surface area contributed by atoms with Crippen molar-refractivity contribution < 1.29 is 13.5 Å². The Morgan fingerprint density at radius 1 is 1.30 bits per heavy atom. The predicted octanol–water partition coefficient (Wildman–Crippen LogP) is 4.52. The molecule has 1 aromatic heterocycles. The molecule has 1 aliphatic heterocycles. The number of aromatic nitrogens is 3. The molecule has 0 amide bonds. The summed E-state index contributed by atoms with van der Waals surface area (Å²) in [6.45, 7) is 0. The summed E-state index contributed by atoms with van der Waals surface area (Å²) in [6.07, 6.45) is -0.398. The minimum atomic E-state index is -1.11. The molecule has 2 unspecified atom stereocenters. The van der Waals surface area contributed by atoms with Crippen molar-refractivity contribution >= 4 is 23.4 Å². The lowest BCUT2D eigenvalue weighted by Crippen LogP contribution is -2.17. The van der Waals surface area contributed by atoms with Crippen molar-refractivity contribution in [3.63, 3.8) is 0 Å². The van der Waals surface area contributed by atoms with Crippen LogP contribution in [0.2, 0.25) is 5.02 Å². The van der Waals surface area contributed by atoms with Crippen LogP contribution < -0.4 is 0 Å². The van der Waals surface area contributed by atoms with Gasteiger partial charge in [-0.15, -0.1) is 0 Å². The maximum absolute atomic E-state index is 14.6. The average molecular weight is 405 g/mol. The highest BCUT2D eigenvalue weighted by Crippen LogP contribution is 2.60. The fraction of sp³-hybridized carbons (Fsp3) is 0.167. The van der Waals surface area contributed by atoms with Gasteiger partial charge < -0.3 is 4.74 Å². The summed E-state index contributed by atoms with van der Waals surface area (Å²) in [7, 11) is 0. The molecule has 0 radical (unpaired) electrons. The van der Waals surface area contributed by atoms with Crippen LogP contribution in [-0.2, 0) is 16.8 Å². The lowest BCUT2D eigenvalue weighted by molar-refractivity contribution is 0.285. The van der Waals surface area contributed by atoms with Gasteiger partial charge in [-0.05, 0) is 12.1 Å². The van der Waals surface area contributed by atoms with E-state index in [-0.39, 0.29) is 12.0 Å². The first-order chi connectivity index (χ1) is 13.0. The van der Waals surface area contributed by atoms with E-state index in [1.807, 2.05) is 11.5 Å². The number of hydrogen-bond acceptors (Lipinski definition) is 5. The van der Waals surface area contributed by atoms with Crippen LogP contribution in [0, 0.1) is 22.3 Å². The maximum atomic E-state index is 14.6. The van der Waals surface area contributed by atoms with Crippen molar-refractivity contribution in [3.8, 4) is 5.40 Å². The number of epoxide rings is 1. The second-order valence-corrected chi connectivity index (χ2v) is 7.14. The molecule has 1 aliphatic rings. The van der Waals surface area contributed by atoms with E-state index in [9.17, 15) is 8.78 Å². The molecule has 2 aromatic carbocycles. The first-order valence-electron chi connectivity index (χ1n) is 7.88. The van der Waals surface area contributed by atoms with Gasteiger partial charge >= 0.3 is 0 Å². The zero-order valence-corrected chi connectivity index (χ0v) is 15.2. The smallest absolute Gasteiger partial charge is 0.198 e. The van der Waals surface area contributed by atoms with Crippen LogP contribution in [0.1, 0.15) is 23.1 Å². The first kappa shape index (κ1) is 17.9. The Morgan fingerprint density at radius 3 is 2.85 bits per heavy atom. The number of ether oxygens (including phenoxy) is 1. The molecule has 1 fully saturated rings. The molecule has 0 aliphatic carbocycles. The zero-order chi connectivity index (χ0) is 19.0. The molecule has 9 heteroatoms. The third kappa shape index (κ3) is 3.30. The number of hydrogen-bond donors (Lipinski definition) is 1. The number of nitriles is 1. The van der Waals surface area contributed by atoms with E-state index < -0.39 is 23.3 Å². The highest BCUT2D eigenvalue weighted by molar-refractivity contribution is 8.03. The van der Waals surface area contributed by atoms with Crippen LogP contribution in [0.4, 0.5) is 8.78 Å².